The van der Waals surface area contributed by atoms with E-state index in [2.05, 4.69) is 45.7 Å². The van der Waals surface area contributed by atoms with Gasteiger partial charge in [-0.25, -0.2) is 4.98 Å². The topological polar surface area (TPSA) is 62.7 Å². The van der Waals surface area contributed by atoms with Gasteiger partial charge in [0.15, 0.2) is 0 Å². The van der Waals surface area contributed by atoms with Gasteiger partial charge in [0, 0.05) is 29.7 Å². The second-order valence-electron chi connectivity index (χ2n) is 5.96. The van der Waals surface area contributed by atoms with E-state index in [1.807, 2.05) is 18.5 Å². The van der Waals surface area contributed by atoms with Crippen molar-refractivity contribution in [3.8, 4) is 11.3 Å². The number of fused-ring (bicyclic) bond motifs is 1. The van der Waals surface area contributed by atoms with E-state index in [-0.39, 0.29) is 0 Å². The van der Waals surface area contributed by atoms with Gasteiger partial charge in [-0.3, -0.25) is 9.97 Å². The van der Waals surface area contributed by atoms with Crippen LogP contribution in [0.4, 0.5) is 5.82 Å². The highest BCUT2D eigenvalue weighted by Crippen LogP contribution is 2.29. The summed E-state index contributed by atoms with van der Waals surface area (Å²) >= 11 is 0. The Balaban J connectivity index is 1.77. The quantitative estimate of drug-likeness (QED) is 0.779. The maximum absolute atomic E-state index is 4.78. The summed E-state index contributed by atoms with van der Waals surface area (Å²) in [5, 5.41) is 7.93. The molecule has 0 saturated carbocycles. The zero-order valence-electron chi connectivity index (χ0n) is 13.1. The van der Waals surface area contributed by atoms with E-state index in [1.165, 1.54) is 0 Å². The first-order valence-corrected chi connectivity index (χ1v) is 7.95. The molecule has 1 saturated heterocycles. The first-order valence-electron chi connectivity index (χ1n) is 7.95. The zero-order valence-corrected chi connectivity index (χ0v) is 13.1. The molecule has 5 nitrogen and oxygen atoms in total. The van der Waals surface area contributed by atoms with Crippen molar-refractivity contribution in [2.24, 2.45) is 0 Å². The maximum Gasteiger partial charge on any atom is 0.145 e. The summed E-state index contributed by atoms with van der Waals surface area (Å²) < 4.78 is 0. The number of nitrogens with one attached hydrogen (secondary N) is 2. The predicted molar refractivity (Wildman–Crippen MR) is 92.4 cm³/mol. The molecule has 1 fully saturated rings. The Hall–Kier alpha value is -2.53. The van der Waals surface area contributed by atoms with Crippen LogP contribution in [-0.4, -0.2) is 34.1 Å². The van der Waals surface area contributed by atoms with Crippen molar-refractivity contribution < 1.29 is 0 Å². The highest BCUT2D eigenvalue weighted by molar-refractivity contribution is 5.94. The molecule has 0 bridgehead atoms. The van der Waals surface area contributed by atoms with E-state index in [9.17, 15) is 0 Å². The summed E-state index contributed by atoms with van der Waals surface area (Å²) in [7, 11) is 0. The fraction of sp³-hybridized carbons (Fsp3) is 0.278. The molecule has 0 aliphatic carbocycles. The summed E-state index contributed by atoms with van der Waals surface area (Å²) in [6.07, 6.45) is 6.54. The maximum atomic E-state index is 4.78. The van der Waals surface area contributed by atoms with E-state index in [4.69, 9.17) is 4.98 Å². The average Bonchev–Trinajstić information content (AvgIpc) is 3.08. The van der Waals surface area contributed by atoms with Crippen molar-refractivity contribution in [1.82, 2.24) is 20.3 Å². The van der Waals surface area contributed by atoms with Crippen LogP contribution in [0.3, 0.4) is 0 Å². The molecule has 3 aromatic rings. The smallest absolute Gasteiger partial charge is 0.145 e. The molecule has 1 atom stereocenters. The van der Waals surface area contributed by atoms with Crippen molar-refractivity contribution >= 4 is 16.7 Å². The number of rotatable bonds is 3. The fourth-order valence-electron chi connectivity index (χ4n) is 3.11. The molecule has 0 amide bonds. The Kier molecular flexibility index (Phi) is 3.63. The van der Waals surface area contributed by atoms with Gasteiger partial charge >= 0.3 is 0 Å². The van der Waals surface area contributed by atoms with Gasteiger partial charge in [0.1, 0.15) is 5.82 Å². The van der Waals surface area contributed by atoms with E-state index in [0.29, 0.717) is 6.04 Å². The second-order valence-corrected chi connectivity index (χ2v) is 5.96. The molecule has 23 heavy (non-hydrogen) atoms. The number of aryl methyl sites for hydroxylation is 1. The van der Waals surface area contributed by atoms with Crippen molar-refractivity contribution in [3.05, 3.63) is 48.4 Å². The van der Waals surface area contributed by atoms with Crippen LogP contribution >= 0.6 is 0 Å². The molecule has 1 aliphatic heterocycles. The Bertz CT molecular complexity index is 840. The highest BCUT2D eigenvalue weighted by Gasteiger charge is 2.16. The first-order chi connectivity index (χ1) is 11.3. The summed E-state index contributed by atoms with van der Waals surface area (Å²) in [6, 6.07) is 8.66. The van der Waals surface area contributed by atoms with Crippen LogP contribution < -0.4 is 10.6 Å². The fourth-order valence-corrected chi connectivity index (χ4v) is 3.11. The normalized spacial score (nSPS) is 17.5. The minimum atomic E-state index is 0.422. The molecule has 0 spiro atoms. The predicted octanol–water partition coefficient (Wildman–Crippen LogP) is 2.77. The van der Waals surface area contributed by atoms with Crippen LogP contribution in [0.15, 0.2) is 42.9 Å². The lowest BCUT2D eigenvalue weighted by molar-refractivity contribution is 0.787. The molecule has 2 aromatic heterocycles. The van der Waals surface area contributed by atoms with Crippen molar-refractivity contribution in [2.75, 3.05) is 18.4 Å². The molecule has 2 N–H and O–H groups in total. The second kappa shape index (κ2) is 5.93. The summed E-state index contributed by atoms with van der Waals surface area (Å²) in [6.45, 7) is 4.12. The highest BCUT2D eigenvalue weighted by atomic mass is 15.1. The van der Waals surface area contributed by atoms with Gasteiger partial charge in [0.05, 0.1) is 23.6 Å². The van der Waals surface area contributed by atoms with Crippen molar-refractivity contribution in [2.45, 2.75) is 19.4 Å². The number of benzene rings is 1. The number of aromatic nitrogens is 3. The Morgan fingerprint density at radius 2 is 2.17 bits per heavy atom. The minimum absolute atomic E-state index is 0.422. The lowest BCUT2D eigenvalue weighted by Crippen LogP contribution is -2.22. The van der Waals surface area contributed by atoms with E-state index in [0.717, 1.165) is 53.1 Å². The third kappa shape index (κ3) is 2.75. The number of pyridine rings is 1. The molecular weight excluding hydrogens is 286 g/mol. The van der Waals surface area contributed by atoms with E-state index in [1.54, 1.807) is 6.20 Å². The zero-order chi connectivity index (χ0) is 15.6. The molecule has 0 radical (unpaired) electrons. The van der Waals surface area contributed by atoms with Gasteiger partial charge in [0.25, 0.3) is 0 Å². The van der Waals surface area contributed by atoms with Gasteiger partial charge in [-0.1, -0.05) is 18.2 Å². The monoisotopic (exact) mass is 305 g/mol. The minimum Gasteiger partial charge on any atom is -0.365 e. The van der Waals surface area contributed by atoms with Gasteiger partial charge in [-0.05, 0) is 31.5 Å². The van der Waals surface area contributed by atoms with Crippen LogP contribution in [0.25, 0.3) is 22.2 Å². The van der Waals surface area contributed by atoms with E-state index < -0.39 is 0 Å². The van der Waals surface area contributed by atoms with Gasteiger partial charge in [-0.15, -0.1) is 0 Å². The van der Waals surface area contributed by atoms with Crippen molar-refractivity contribution in [3.63, 3.8) is 0 Å². The SMILES string of the molecule is Cc1ccc2cccnc2c1-c1cncc(NC2CCNC2)n1. The third-order valence-corrected chi connectivity index (χ3v) is 4.29. The lowest BCUT2D eigenvalue weighted by Gasteiger charge is -2.13. The number of nitrogens with zero attached hydrogens (tertiary/aromatic N) is 3. The Labute approximate surface area is 135 Å². The summed E-state index contributed by atoms with van der Waals surface area (Å²) in [4.78, 5) is 13.7. The van der Waals surface area contributed by atoms with Gasteiger partial charge < -0.3 is 10.6 Å². The molecule has 5 heteroatoms. The summed E-state index contributed by atoms with van der Waals surface area (Å²) in [5.74, 6) is 0.823. The molecule has 3 heterocycles. The molecule has 4 rings (SSSR count). The molecule has 1 unspecified atom stereocenters. The van der Waals surface area contributed by atoms with Crippen LogP contribution in [0.5, 0.6) is 0 Å². The van der Waals surface area contributed by atoms with Gasteiger partial charge in [0.2, 0.25) is 0 Å². The molecule has 116 valence electrons. The van der Waals surface area contributed by atoms with Crippen LogP contribution in [0, 0.1) is 6.92 Å². The molecule has 1 aromatic carbocycles. The van der Waals surface area contributed by atoms with Gasteiger partial charge in [-0.2, -0.15) is 0 Å². The molecular formula is C18H19N5. The Morgan fingerprint density at radius 1 is 1.22 bits per heavy atom. The van der Waals surface area contributed by atoms with E-state index >= 15 is 0 Å². The third-order valence-electron chi connectivity index (χ3n) is 4.29. The average molecular weight is 305 g/mol. The Morgan fingerprint density at radius 3 is 3.04 bits per heavy atom. The standard InChI is InChI=1S/C18H19N5/c1-12-4-5-13-3-2-7-21-18(13)17(12)15-10-20-11-16(23-15)22-14-6-8-19-9-14/h2-5,7,10-11,14,19H,6,8-9H2,1H3,(H,22,23). The van der Waals surface area contributed by atoms with Crippen molar-refractivity contribution in [1.29, 1.82) is 0 Å². The number of hydrogen-bond acceptors (Lipinski definition) is 5. The number of anilines is 1. The number of hydrogen-bond donors (Lipinski definition) is 2. The summed E-state index contributed by atoms with van der Waals surface area (Å²) in [5.41, 5.74) is 4.05. The largest absolute Gasteiger partial charge is 0.365 e. The molecule has 1 aliphatic rings. The first kappa shape index (κ1) is 14.1. The van der Waals surface area contributed by atoms with Crippen LogP contribution in [0.1, 0.15) is 12.0 Å². The lowest BCUT2D eigenvalue weighted by atomic mass is 10.0. The van der Waals surface area contributed by atoms with Crippen LogP contribution in [0.2, 0.25) is 0 Å². The van der Waals surface area contributed by atoms with Crippen LogP contribution in [-0.2, 0) is 0 Å².